The molecule has 0 fully saturated rings. The third-order valence-corrected chi connectivity index (χ3v) is 2.82. The van der Waals surface area contributed by atoms with Gasteiger partial charge >= 0.3 is 0 Å². The summed E-state index contributed by atoms with van der Waals surface area (Å²) < 4.78 is 10.8. The summed E-state index contributed by atoms with van der Waals surface area (Å²) in [4.78, 5) is 25.9. The van der Waals surface area contributed by atoms with Crippen LogP contribution >= 0.6 is 0 Å². The Balaban J connectivity index is 1.81. The van der Waals surface area contributed by atoms with E-state index in [-0.39, 0.29) is 17.0 Å². The molecule has 2 aromatic rings. The van der Waals surface area contributed by atoms with Crippen LogP contribution in [0.2, 0.25) is 0 Å². The molecule has 102 valence electrons. The summed E-state index contributed by atoms with van der Waals surface area (Å²) in [5.41, 5.74) is 0.549. The molecule has 0 unspecified atom stereocenters. The number of aromatic nitrogens is 1. The number of pyridine rings is 1. The molecule has 0 atom stereocenters. The van der Waals surface area contributed by atoms with Crippen molar-refractivity contribution < 1.29 is 14.3 Å². The molecule has 0 radical (unpaired) electrons. The van der Waals surface area contributed by atoms with Gasteiger partial charge in [0.1, 0.15) is 18.9 Å². The predicted octanol–water partition coefficient (Wildman–Crippen LogP) is 1.40. The molecule has 1 amide bonds. The summed E-state index contributed by atoms with van der Waals surface area (Å²) >= 11 is 0. The lowest BCUT2D eigenvalue weighted by atomic mass is 10.2. The first kappa shape index (κ1) is 12.3. The Morgan fingerprint density at radius 1 is 1.10 bits per heavy atom. The molecular formula is C14H12N2O4. The average Bonchev–Trinajstić information content (AvgIpc) is 2.47. The largest absolute Gasteiger partial charge is 0.486 e. The first-order valence-electron chi connectivity index (χ1n) is 6.12. The number of benzene rings is 1. The van der Waals surface area contributed by atoms with Crippen molar-refractivity contribution in [1.29, 1.82) is 0 Å². The highest BCUT2D eigenvalue weighted by molar-refractivity contribution is 6.02. The highest BCUT2D eigenvalue weighted by Gasteiger charge is 2.13. The Morgan fingerprint density at radius 3 is 2.70 bits per heavy atom. The van der Waals surface area contributed by atoms with Crippen LogP contribution < -0.4 is 20.2 Å². The first-order valence-corrected chi connectivity index (χ1v) is 6.12. The summed E-state index contributed by atoms with van der Waals surface area (Å²) in [5.74, 6) is 0.859. The molecule has 0 aliphatic carbocycles. The molecule has 0 saturated carbocycles. The number of carbonyl (C=O) groups is 1. The maximum absolute atomic E-state index is 12.0. The normalized spacial score (nSPS) is 12.8. The number of anilines is 1. The van der Waals surface area contributed by atoms with Gasteiger partial charge in [-0.15, -0.1) is 0 Å². The smallest absolute Gasteiger partial charge is 0.272 e. The predicted molar refractivity (Wildman–Crippen MR) is 72.4 cm³/mol. The lowest BCUT2D eigenvalue weighted by Gasteiger charge is -2.18. The summed E-state index contributed by atoms with van der Waals surface area (Å²) in [6.45, 7) is 1.00. The van der Waals surface area contributed by atoms with E-state index in [4.69, 9.17) is 9.47 Å². The van der Waals surface area contributed by atoms with Gasteiger partial charge in [0.25, 0.3) is 5.91 Å². The fourth-order valence-electron chi connectivity index (χ4n) is 1.90. The number of fused-ring (bicyclic) bond motifs is 1. The van der Waals surface area contributed by atoms with Crippen molar-refractivity contribution >= 4 is 11.6 Å². The monoisotopic (exact) mass is 272 g/mol. The van der Waals surface area contributed by atoms with E-state index in [9.17, 15) is 9.59 Å². The van der Waals surface area contributed by atoms with Crippen LogP contribution in [0.15, 0.2) is 41.3 Å². The van der Waals surface area contributed by atoms with E-state index in [1.165, 1.54) is 18.3 Å². The van der Waals surface area contributed by atoms with E-state index in [0.29, 0.717) is 30.4 Å². The van der Waals surface area contributed by atoms with Crippen LogP contribution in [0.1, 0.15) is 10.5 Å². The number of amides is 1. The van der Waals surface area contributed by atoms with Crippen LogP contribution in [-0.4, -0.2) is 24.1 Å². The highest BCUT2D eigenvalue weighted by atomic mass is 16.6. The Kier molecular flexibility index (Phi) is 3.12. The first-order chi connectivity index (χ1) is 9.72. The zero-order valence-corrected chi connectivity index (χ0v) is 10.5. The second-order valence-corrected chi connectivity index (χ2v) is 4.25. The molecule has 6 nitrogen and oxygen atoms in total. The minimum absolute atomic E-state index is 0.201. The molecule has 3 rings (SSSR count). The van der Waals surface area contributed by atoms with Crippen LogP contribution in [0.3, 0.4) is 0 Å². The Hall–Kier alpha value is -2.76. The number of rotatable bonds is 2. The molecular weight excluding hydrogens is 260 g/mol. The Labute approximate surface area is 114 Å². The second-order valence-electron chi connectivity index (χ2n) is 4.25. The number of H-pyrrole nitrogens is 1. The molecule has 1 aromatic carbocycles. The minimum Gasteiger partial charge on any atom is -0.486 e. The van der Waals surface area contributed by atoms with Crippen molar-refractivity contribution in [3.8, 4) is 11.5 Å². The number of nitrogens with one attached hydrogen (secondary N) is 2. The van der Waals surface area contributed by atoms with E-state index in [1.54, 1.807) is 18.2 Å². The van der Waals surface area contributed by atoms with Gasteiger partial charge in [-0.05, 0) is 12.1 Å². The molecule has 1 aliphatic heterocycles. The fraction of sp³-hybridized carbons (Fsp3) is 0.143. The van der Waals surface area contributed by atoms with Crippen molar-refractivity contribution in [2.24, 2.45) is 0 Å². The third kappa shape index (κ3) is 2.49. The van der Waals surface area contributed by atoms with Gasteiger partial charge in [-0.25, -0.2) is 0 Å². The van der Waals surface area contributed by atoms with E-state index in [2.05, 4.69) is 10.3 Å². The number of hydrogen-bond acceptors (Lipinski definition) is 4. The maximum atomic E-state index is 12.0. The molecule has 1 aromatic heterocycles. The zero-order valence-electron chi connectivity index (χ0n) is 10.5. The molecule has 0 bridgehead atoms. The molecule has 20 heavy (non-hydrogen) atoms. The van der Waals surface area contributed by atoms with Gasteiger partial charge in [0, 0.05) is 30.1 Å². The SMILES string of the molecule is O=C(Nc1ccc2c(c1)OCCO2)c1cc(=O)cc[nH]1. The standard InChI is InChI=1S/C14H12N2O4/c17-10-3-4-15-11(8-10)14(18)16-9-1-2-12-13(7-9)20-6-5-19-12/h1-4,7-8H,5-6H2,(H,15,17)(H,16,18). The third-order valence-electron chi connectivity index (χ3n) is 2.82. The molecule has 6 heteroatoms. The van der Waals surface area contributed by atoms with E-state index < -0.39 is 0 Å². The summed E-state index contributed by atoms with van der Waals surface area (Å²) in [7, 11) is 0. The molecule has 0 saturated heterocycles. The van der Waals surface area contributed by atoms with Crippen LogP contribution in [0.4, 0.5) is 5.69 Å². The lowest BCUT2D eigenvalue weighted by Crippen LogP contribution is -2.17. The summed E-state index contributed by atoms with van der Waals surface area (Å²) in [6, 6.07) is 7.73. The van der Waals surface area contributed by atoms with Crippen LogP contribution in [0.25, 0.3) is 0 Å². The van der Waals surface area contributed by atoms with Crippen molar-refractivity contribution in [3.63, 3.8) is 0 Å². The van der Waals surface area contributed by atoms with Crippen LogP contribution in [-0.2, 0) is 0 Å². The van der Waals surface area contributed by atoms with Gasteiger partial charge in [0.05, 0.1) is 0 Å². The van der Waals surface area contributed by atoms with Gasteiger partial charge in [-0.2, -0.15) is 0 Å². The summed E-state index contributed by atoms with van der Waals surface area (Å²) in [6.07, 6.45) is 1.43. The highest BCUT2D eigenvalue weighted by Crippen LogP contribution is 2.32. The van der Waals surface area contributed by atoms with Crippen molar-refractivity contribution in [2.45, 2.75) is 0 Å². The van der Waals surface area contributed by atoms with E-state index in [1.807, 2.05) is 0 Å². The molecule has 1 aliphatic rings. The number of aromatic amines is 1. The minimum atomic E-state index is -0.389. The average molecular weight is 272 g/mol. The molecule has 2 N–H and O–H groups in total. The quantitative estimate of drug-likeness (QED) is 0.866. The van der Waals surface area contributed by atoms with Crippen LogP contribution in [0, 0.1) is 0 Å². The Morgan fingerprint density at radius 2 is 1.90 bits per heavy atom. The van der Waals surface area contributed by atoms with Crippen molar-refractivity contribution in [2.75, 3.05) is 18.5 Å². The molecule has 0 spiro atoms. The topological polar surface area (TPSA) is 80.4 Å². The number of carbonyl (C=O) groups excluding carboxylic acids is 1. The molecule has 2 heterocycles. The van der Waals surface area contributed by atoms with Crippen molar-refractivity contribution in [3.05, 3.63) is 52.4 Å². The fourth-order valence-corrected chi connectivity index (χ4v) is 1.90. The zero-order chi connectivity index (χ0) is 13.9. The maximum Gasteiger partial charge on any atom is 0.272 e. The van der Waals surface area contributed by atoms with Crippen molar-refractivity contribution in [1.82, 2.24) is 4.98 Å². The lowest BCUT2D eigenvalue weighted by molar-refractivity contribution is 0.102. The van der Waals surface area contributed by atoms with Gasteiger partial charge in [-0.1, -0.05) is 0 Å². The van der Waals surface area contributed by atoms with E-state index >= 15 is 0 Å². The second kappa shape index (κ2) is 5.08. The van der Waals surface area contributed by atoms with Gasteiger partial charge in [-0.3, -0.25) is 9.59 Å². The van der Waals surface area contributed by atoms with Gasteiger partial charge in [0.15, 0.2) is 16.9 Å². The number of ether oxygens (including phenoxy) is 2. The van der Waals surface area contributed by atoms with Crippen LogP contribution in [0.5, 0.6) is 11.5 Å². The summed E-state index contributed by atoms with van der Waals surface area (Å²) in [5, 5.41) is 2.69. The Bertz CT molecular complexity index is 708. The van der Waals surface area contributed by atoms with Gasteiger partial charge < -0.3 is 19.8 Å². The van der Waals surface area contributed by atoms with E-state index in [0.717, 1.165) is 0 Å². The van der Waals surface area contributed by atoms with Gasteiger partial charge in [0.2, 0.25) is 0 Å². The number of hydrogen-bond donors (Lipinski definition) is 2.